The second kappa shape index (κ2) is 6.29. The second-order valence-electron chi connectivity index (χ2n) is 3.88. The Morgan fingerprint density at radius 3 is 2.71 bits per heavy atom. The number of sulfonamides is 1. The van der Waals surface area contributed by atoms with E-state index in [-0.39, 0.29) is 5.92 Å². The first-order valence-electron chi connectivity index (χ1n) is 5.11. The van der Waals surface area contributed by atoms with E-state index in [0.29, 0.717) is 18.0 Å². The van der Waals surface area contributed by atoms with Gasteiger partial charge in [-0.1, -0.05) is 6.92 Å². The first-order chi connectivity index (χ1) is 7.86. The Balaban J connectivity index is 2.73. The number of rotatable bonds is 6. The highest BCUT2D eigenvalue weighted by atomic mass is 79.9. The Hall–Kier alpha value is 0.0500. The molecular formula is C10H16BrNO3S2. The molecule has 0 aromatic carbocycles. The Labute approximate surface area is 115 Å². The highest BCUT2D eigenvalue weighted by molar-refractivity contribution is 9.11. The molecule has 0 spiro atoms. The van der Waals surface area contributed by atoms with Crippen molar-refractivity contribution >= 4 is 37.3 Å². The van der Waals surface area contributed by atoms with Crippen molar-refractivity contribution in [3.8, 4) is 0 Å². The maximum atomic E-state index is 12.0. The SMILES string of the molecule is COCC(C)CNS(=O)(=O)c1cc(Br)sc1C. The molecule has 0 saturated carbocycles. The molecule has 1 heterocycles. The average molecular weight is 342 g/mol. The number of nitrogens with one attached hydrogen (secondary N) is 1. The summed E-state index contributed by atoms with van der Waals surface area (Å²) in [5.41, 5.74) is 0. The summed E-state index contributed by atoms with van der Waals surface area (Å²) >= 11 is 4.70. The predicted octanol–water partition coefficient (Wildman–Crippen LogP) is 2.38. The van der Waals surface area contributed by atoms with Crippen molar-refractivity contribution in [2.24, 2.45) is 5.92 Å². The standard InChI is InChI=1S/C10H16BrNO3S2/c1-7(6-15-3)5-12-17(13,14)9-4-10(11)16-8(9)2/h4,7,12H,5-6H2,1-3H3. The van der Waals surface area contributed by atoms with Gasteiger partial charge in [0.1, 0.15) is 0 Å². The first-order valence-corrected chi connectivity index (χ1v) is 8.20. The van der Waals surface area contributed by atoms with Crippen LogP contribution in [0.25, 0.3) is 0 Å². The fourth-order valence-corrected chi connectivity index (χ4v) is 4.95. The van der Waals surface area contributed by atoms with Crippen molar-refractivity contribution in [2.75, 3.05) is 20.3 Å². The molecular weight excluding hydrogens is 326 g/mol. The number of thiophene rings is 1. The number of ether oxygens (including phenoxy) is 1. The largest absolute Gasteiger partial charge is 0.384 e. The summed E-state index contributed by atoms with van der Waals surface area (Å²) in [6.45, 7) is 4.64. The molecule has 0 radical (unpaired) electrons. The van der Waals surface area contributed by atoms with Gasteiger partial charge >= 0.3 is 0 Å². The van der Waals surface area contributed by atoms with Crippen LogP contribution in [0, 0.1) is 12.8 Å². The van der Waals surface area contributed by atoms with Gasteiger partial charge in [0.15, 0.2) is 0 Å². The topological polar surface area (TPSA) is 55.4 Å². The third-order valence-electron chi connectivity index (χ3n) is 2.20. The van der Waals surface area contributed by atoms with Crippen molar-refractivity contribution in [1.29, 1.82) is 0 Å². The summed E-state index contributed by atoms with van der Waals surface area (Å²) in [6.07, 6.45) is 0. The molecule has 0 amide bonds. The molecule has 1 aromatic rings. The van der Waals surface area contributed by atoms with Gasteiger partial charge in [-0.15, -0.1) is 11.3 Å². The molecule has 0 aliphatic rings. The Kier molecular flexibility index (Phi) is 5.59. The van der Waals surface area contributed by atoms with Gasteiger partial charge in [0.2, 0.25) is 10.0 Å². The van der Waals surface area contributed by atoms with Gasteiger partial charge in [-0.2, -0.15) is 0 Å². The van der Waals surface area contributed by atoms with Crippen LogP contribution in [0.5, 0.6) is 0 Å². The van der Waals surface area contributed by atoms with Gasteiger partial charge in [-0.25, -0.2) is 13.1 Å². The smallest absolute Gasteiger partial charge is 0.241 e. The Morgan fingerprint density at radius 1 is 1.59 bits per heavy atom. The summed E-state index contributed by atoms with van der Waals surface area (Å²) in [5, 5.41) is 0. The van der Waals surface area contributed by atoms with Gasteiger partial charge in [-0.05, 0) is 34.8 Å². The molecule has 1 N–H and O–H groups in total. The molecule has 0 fully saturated rings. The second-order valence-corrected chi connectivity index (χ2v) is 8.25. The highest BCUT2D eigenvalue weighted by Crippen LogP contribution is 2.29. The molecule has 17 heavy (non-hydrogen) atoms. The number of hydrogen-bond acceptors (Lipinski definition) is 4. The lowest BCUT2D eigenvalue weighted by molar-refractivity contribution is 0.161. The minimum atomic E-state index is -3.41. The number of methoxy groups -OCH3 is 1. The lowest BCUT2D eigenvalue weighted by Gasteiger charge is -2.11. The summed E-state index contributed by atoms with van der Waals surface area (Å²) in [6, 6.07) is 1.63. The van der Waals surface area contributed by atoms with Crippen LogP contribution in [-0.2, 0) is 14.8 Å². The van der Waals surface area contributed by atoms with Gasteiger partial charge in [0, 0.05) is 25.1 Å². The monoisotopic (exact) mass is 341 g/mol. The molecule has 0 saturated heterocycles. The summed E-state index contributed by atoms with van der Waals surface area (Å²) in [7, 11) is -1.81. The maximum absolute atomic E-state index is 12.0. The molecule has 0 aliphatic carbocycles. The van der Waals surface area contributed by atoms with Crippen molar-refractivity contribution in [3.05, 3.63) is 14.7 Å². The van der Waals surface area contributed by atoms with Crippen LogP contribution in [-0.4, -0.2) is 28.7 Å². The van der Waals surface area contributed by atoms with E-state index in [2.05, 4.69) is 20.7 Å². The lowest BCUT2D eigenvalue weighted by atomic mass is 10.2. The van der Waals surface area contributed by atoms with Crippen molar-refractivity contribution in [3.63, 3.8) is 0 Å². The van der Waals surface area contributed by atoms with E-state index in [1.165, 1.54) is 11.3 Å². The van der Waals surface area contributed by atoms with Crippen molar-refractivity contribution in [2.45, 2.75) is 18.7 Å². The van der Waals surface area contributed by atoms with E-state index in [1.807, 2.05) is 6.92 Å². The lowest BCUT2D eigenvalue weighted by Crippen LogP contribution is -2.30. The van der Waals surface area contributed by atoms with E-state index in [9.17, 15) is 8.42 Å². The predicted molar refractivity (Wildman–Crippen MR) is 73.0 cm³/mol. The molecule has 1 rings (SSSR count). The molecule has 98 valence electrons. The Bertz CT molecular complexity index is 470. The molecule has 1 aromatic heterocycles. The molecule has 0 bridgehead atoms. The minimum absolute atomic E-state index is 0.150. The van der Waals surface area contributed by atoms with Gasteiger partial charge < -0.3 is 4.74 Å². The van der Waals surface area contributed by atoms with Crippen molar-refractivity contribution in [1.82, 2.24) is 4.72 Å². The summed E-state index contributed by atoms with van der Waals surface area (Å²) < 4.78 is 32.4. The molecule has 1 unspecified atom stereocenters. The quantitative estimate of drug-likeness (QED) is 0.864. The first kappa shape index (κ1) is 15.1. The van der Waals surface area contributed by atoms with Gasteiger partial charge in [0.05, 0.1) is 8.68 Å². The zero-order valence-corrected chi connectivity index (χ0v) is 13.2. The molecule has 1 atom stereocenters. The van der Waals surface area contributed by atoms with Crippen LogP contribution < -0.4 is 4.72 Å². The van der Waals surface area contributed by atoms with Crippen LogP contribution in [0.3, 0.4) is 0 Å². The number of hydrogen-bond donors (Lipinski definition) is 1. The normalized spacial score (nSPS) is 13.9. The zero-order chi connectivity index (χ0) is 13.1. The fourth-order valence-electron chi connectivity index (χ4n) is 1.37. The van der Waals surface area contributed by atoms with Crippen LogP contribution in [0.4, 0.5) is 0 Å². The van der Waals surface area contributed by atoms with Crippen LogP contribution in [0.2, 0.25) is 0 Å². The molecule has 4 nitrogen and oxygen atoms in total. The Morgan fingerprint density at radius 2 is 2.24 bits per heavy atom. The van der Waals surface area contributed by atoms with Crippen molar-refractivity contribution < 1.29 is 13.2 Å². The third kappa shape index (κ3) is 4.33. The minimum Gasteiger partial charge on any atom is -0.384 e. The van der Waals surface area contributed by atoms with E-state index in [4.69, 9.17) is 4.74 Å². The van der Waals surface area contributed by atoms with E-state index < -0.39 is 10.0 Å². The molecule has 7 heteroatoms. The summed E-state index contributed by atoms with van der Waals surface area (Å²) in [4.78, 5) is 1.13. The third-order valence-corrected chi connectivity index (χ3v) is 5.44. The van der Waals surface area contributed by atoms with E-state index in [0.717, 1.165) is 8.66 Å². The zero-order valence-electron chi connectivity index (χ0n) is 9.99. The highest BCUT2D eigenvalue weighted by Gasteiger charge is 2.19. The maximum Gasteiger partial charge on any atom is 0.241 e. The van der Waals surface area contributed by atoms with Crippen LogP contribution in [0.1, 0.15) is 11.8 Å². The average Bonchev–Trinajstić information content (AvgIpc) is 2.56. The van der Waals surface area contributed by atoms with E-state index >= 15 is 0 Å². The van der Waals surface area contributed by atoms with Crippen LogP contribution >= 0.6 is 27.3 Å². The van der Waals surface area contributed by atoms with Gasteiger partial charge in [-0.3, -0.25) is 0 Å². The summed E-state index contributed by atoms with van der Waals surface area (Å²) in [5.74, 6) is 0.150. The molecule has 0 aliphatic heterocycles. The fraction of sp³-hybridized carbons (Fsp3) is 0.600. The number of aryl methyl sites for hydroxylation is 1. The van der Waals surface area contributed by atoms with Gasteiger partial charge in [0.25, 0.3) is 0 Å². The number of halogens is 1. The van der Waals surface area contributed by atoms with Crippen LogP contribution in [0.15, 0.2) is 14.7 Å². The van der Waals surface area contributed by atoms with E-state index in [1.54, 1.807) is 20.1 Å².